The van der Waals surface area contributed by atoms with Crippen LogP contribution in [0.25, 0.3) is 0 Å². The maximum absolute atomic E-state index is 12.7. The van der Waals surface area contributed by atoms with Gasteiger partial charge < -0.3 is 10.4 Å². The number of aliphatic hydroxyl groups is 1. The molecule has 1 aromatic carbocycles. The minimum absolute atomic E-state index is 0.344. The lowest BCUT2D eigenvalue weighted by Gasteiger charge is -2.19. The van der Waals surface area contributed by atoms with Crippen molar-refractivity contribution in [1.82, 2.24) is 0 Å². The number of benzene rings is 1. The van der Waals surface area contributed by atoms with Crippen LogP contribution in [0.2, 0.25) is 0 Å². The van der Waals surface area contributed by atoms with Crippen LogP contribution in [-0.4, -0.2) is 27.4 Å². The number of nitrogens with one attached hydrogen (secondary N) is 1. The number of carbonyl (C=O) groups excluding carboxylic acids is 1. The number of nitrogens with zero attached hydrogens (tertiary/aromatic N) is 1. The molecule has 0 saturated carbocycles. The smallest absolute Gasteiger partial charge is 0.379 e. The van der Waals surface area contributed by atoms with Gasteiger partial charge in [0.25, 0.3) is 11.6 Å². The number of alkyl halides is 4. The SMILES string of the molecule is C[C@](O)(CCl)C(=O)Nc1ccc([N+](=O)[O-])c(C(F)(F)F)c1. The highest BCUT2D eigenvalue weighted by molar-refractivity contribution is 6.21. The van der Waals surface area contributed by atoms with Crippen LogP contribution in [0.1, 0.15) is 12.5 Å². The molecule has 1 aromatic rings. The highest BCUT2D eigenvalue weighted by Crippen LogP contribution is 2.37. The van der Waals surface area contributed by atoms with Crippen LogP contribution in [0.3, 0.4) is 0 Å². The monoisotopic (exact) mass is 326 g/mol. The molecule has 1 amide bonds. The van der Waals surface area contributed by atoms with Gasteiger partial charge in [0, 0.05) is 11.8 Å². The molecule has 116 valence electrons. The van der Waals surface area contributed by atoms with Crippen LogP contribution in [0.4, 0.5) is 24.5 Å². The number of hydrogen-bond acceptors (Lipinski definition) is 4. The van der Waals surface area contributed by atoms with Gasteiger partial charge in [-0.2, -0.15) is 13.2 Å². The van der Waals surface area contributed by atoms with Gasteiger partial charge in [0.2, 0.25) is 0 Å². The second-order valence-electron chi connectivity index (χ2n) is 4.35. The van der Waals surface area contributed by atoms with Gasteiger partial charge in [0.1, 0.15) is 5.56 Å². The van der Waals surface area contributed by atoms with Crippen LogP contribution in [0.5, 0.6) is 0 Å². The van der Waals surface area contributed by atoms with Crippen molar-refractivity contribution >= 4 is 28.9 Å². The molecule has 0 saturated heterocycles. The molecule has 0 unspecified atom stereocenters. The van der Waals surface area contributed by atoms with Crippen molar-refractivity contribution in [2.75, 3.05) is 11.2 Å². The quantitative estimate of drug-likeness (QED) is 0.505. The van der Waals surface area contributed by atoms with Crippen LogP contribution >= 0.6 is 11.6 Å². The summed E-state index contributed by atoms with van der Waals surface area (Å²) < 4.78 is 38.2. The van der Waals surface area contributed by atoms with E-state index in [-0.39, 0.29) is 5.69 Å². The van der Waals surface area contributed by atoms with E-state index in [4.69, 9.17) is 11.6 Å². The zero-order valence-corrected chi connectivity index (χ0v) is 11.3. The molecule has 0 bridgehead atoms. The molecule has 10 heteroatoms. The van der Waals surface area contributed by atoms with E-state index in [9.17, 15) is 33.2 Å². The molecule has 0 aliphatic carbocycles. The Balaban J connectivity index is 3.18. The van der Waals surface area contributed by atoms with Crippen LogP contribution < -0.4 is 5.32 Å². The van der Waals surface area contributed by atoms with Gasteiger partial charge in [-0.05, 0) is 19.1 Å². The van der Waals surface area contributed by atoms with Gasteiger partial charge in [-0.3, -0.25) is 14.9 Å². The Kier molecular flexibility index (Phi) is 4.79. The van der Waals surface area contributed by atoms with Crippen molar-refractivity contribution in [3.05, 3.63) is 33.9 Å². The molecule has 1 atom stereocenters. The van der Waals surface area contributed by atoms with Gasteiger partial charge in [-0.15, -0.1) is 11.6 Å². The zero-order valence-electron chi connectivity index (χ0n) is 10.6. The first-order valence-electron chi connectivity index (χ1n) is 5.44. The largest absolute Gasteiger partial charge is 0.423 e. The van der Waals surface area contributed by atoms with Gasteiger partial charge in [0.15, 0.2) is 5.60 Å². The molecule has 0 radical (unpaired) electrons. The van der Waals surface area contributed by atoms with E-state index in [1.54, 1.807) is 0 Å². The maximum atomic E-state index is 12.7. The average Bonchev–Trinajstić information content (AvgIpc) is 2.37. The normalized spacial score (nSPS) is 14.4. The summed E-state index contributed by atoms with van der Waals surface area (Å²) >= 11 is 5.34. The first-order chi connectivity index (χ1) is 9.49. The van der Waals surface area contributed by atoms with E-state index in [1.807, 2.05) is 5.32 Å². The molecule has 0 spiro atoms. The minimum atomic E-state index is -4.96. The fourth-order valence-corrected chi connectivity index (χ4v) is 1.45. The van der Waals surface area contributed by atoms with Crippen molar-refractivity contribution in [3.8, 4) is 0 Å². The summed E-state index contributed by atoms with van der Waals surface area (Å²) in [7, 11) is 0. The Morgan fingerprint density at radius 3 is 2.48 bits per heavy atom. The third-order valence-electron chi connectivity index (χ3n) is 2.51. The summed E-state index contributed by atoms with van der Waals surface area (Å²) in [5, 5.41) is 22.1. The van der Waals surface area contributed by atoms with Crippen molar-refractivity contribution in [2.45, 2.75) is 18.7 Å². The van der Waals surface area contributed by atoms with Crippen molar-refractivity contribution in [3.63, 3.8) is 0 Å². The summed E-state index contributed by atoms with van der Waals surface area (Å²) in [6, 6.07) is 1.96. The lowest BCUT2D eigenvalue weighted by molar-refractivity contribution is -0.388. The predicted octanol–water partition coefficient (Wildman–Crippen LogP) is 2.54. The lowest BCUT2D eigenvalue weighted by Crippen LogP contribution is -2.41. The predicted molar refractivity (Wildman–Crippen MR) is 68.1 cm³/mol. The number of amides is 1. The Hall–Kier alpha value is -1.87. The Morgan fingerprint density at radius 1 is 1.48 bits per heavy atom. The van der Waals surface area contributed by atoms with Crippen molar-refractivity contribution < 1.29 is 28.0 Å². The second kappa shape index (κ2) is 5.86. The number of halogens is 4. The van der Waals surface area contributed by atoms with Gasteiger partial charge in [-0.25, -0.2) is 0 Å². The molecule has 1 rings (SSSR count). The first kappa shape index (κ1) is 17.2. The molecule has 21 heavy (non-hydrogen) atoms. The molecule has 0 aliphatic heterocycles. The number of hydrogen-bond donors (Lipinski definition) is 2. The standard InChI is InChI=1S/C11H10ClF3N2O4/c1-10(19,5-12)9(18)16-6-2-3-8(17(20)21)7(4-6)11(13,14)15/h2-4,19H,5H2,1H3,(H,16,18)/t10-/m0/s1. The molecular formula is C11H10ClF3N2O4. The van der Waals surface area contributed by atoms with Crippen molar-refractivity contribution in [2.24, 2.45) is 0 Å². The highest BCUT2D eigenvalue weighted by atomic mass is 35.5. The van der Waals surface area contributed by atoms with E-state index in [1.165, 1.54) is 0 Å². The fourth-order valence-electron chi connectivity index (χ4n) is 1.33. The molecule has 6 nitrogen and oxygen atoms in total. The Morgan fingerprint density at radius 2 is 2.05 bits per heavy atom. The van der Waals surface area contributed by atoms with Gasteiger partial charge in [0.05, 0.1) is 10.8 Å². The third-order valence-corrected chi connectivity index (χ3v) is 3.03. The summed E-state index contributed by atoms with van der Waals surface area (Å²) in [6.07, 6.45) is -4.96. The van der Waals surface area contributed by atoms with E-state index in [0.717, 1.165) is 13.0 Å². The summed E-state index contributed by atoms with van der Waals surface area (Å²) in [4.78, 5) is 21.0. The maximum Gasteiger partial charge on any atom is 0.423 e. The fraction of sp³-hybridized carbons (Fsp3) is 0.364. The molecular weight excluding hydrogens is 317 g/mol. The van der Waals surface area contributed by atoms with Crippen LogP contribution in [-0.2, 0) is 11.0 Å². The number of nitro benzene ring substituents is 1. The van der Waals surface area contributed by atoms with Crippen LogP contribution in [0, 0.1) is 10.1 Å². The Bertz CT molecular complexity index is 575. The molecule has 2 N–H and O–H groups in total. The molecule has 0 fully saturated rings. The van der Waals surface area contributed by atoms with E-state index < -0.39 is 39.7 Å². The van der Waals surface area contributed by atoms with Crippen molar-refractivity contribution in [1.29, 1.82) is 0 Å². The van der Waals surface area contributed by atoms with E-state index >= 15 is 0 Å². The number of carbonyl (C=O) groups is 1. The zero-order chi connectivity index (χ0) is 16.4. The second-order valence-corrected chi connectivity index (χ2v) is 4.62. The number of rotatable bonds is 4. The van der Waals surface area contributed by atoms with E-state index in [2.05, 4.69) is 0 Å². The third kappa shape index (κ3) is 4.05. The summed E-state index contributed by atoms with van der Waals surface area (Å²) in [5.41, 5.74) is -4.97. The Labute approximate surface area is 121 Å². The first-order valence-corrected chi connectivity index (χ1v) is 5.98. The average molecular weight is 327 g/mol. The van der Waals surface area contributed by atoms with Crippen LogP contribution in [0.15, 0.2) is 18.2 Å². The van der Waals surface area contributed by atoms with E-state index in [0.29, 0.717) is 12.1 Å². The highest BCUT2D eigenvalue weighted by Gasteiger charge is 2.39. The van der Waals surface area contributed by atoms with Gasteiger partial charge in [-0.1, -0.05) is 0 Å². The minimum Gasteiger partial charge on any atom is -0.379 e. The molecule has 0 aromatic heterocycles. The molecule has 0 aliphatic rings. The molecule has 0 heterocycles. The topological polar surface area (TPSA) is 92.5 Å². The summed E-state index contributed by atoms with van der Waals surface area (Å²) in [5.74, 6) is -1.50. The number of nitro groups is 1. The lowest BCUT2D eigenvalue weighted by atomic mass is 10.1. The summed E-state index contributed by atoms with van der Waals surface area (Å²) in [6.45, 7) is 1.07. The van der Waals surface area contributed by atoms with Gasteiger partial charge >= 0.3 is 6.18 Å². The number of anilines is 1.